The predicted molar refractivity (Wildman–Crippen MR) is 117 cm³/mol. The van der Waals surface area contributed by atoms with Crippen molar-refractivity contribution in [1.29, 1.82) is 0 Å². The van der Waals surface area contributed by atoms with E-state index in [0.29, 0.717) is 0 Å². The van der Waals surface area contributed by atoms with Crippen LogP contribution >= 0.6 is 0 Å². The van der Waals surface area contributed by atoms with Crippen molar-refractivity contribution < 1.29 is 9.52 Å². The van der Waals surface area contributed by atoms with Gasteiger partial charge in [-0.2, -0.15) is 0 Å². The summed E-state index contributed by atoms with van der Waals surface area (Å²) in [5.74, 6) is 0. The SMILES string of the molecule is C=CC(C)(CCC=C(C)CCC=C(C)C)C(O)c1coc([Si](C)(C)C)c1. The maximum absolute atomic E-state index is 10.9. The van der Waals surface area contributed by atoms with Gasteiger partial charge < -0.3 is 9.52 Å². The predicted octanol–water partition coefficient (Wildman–Crippen LogP) is 6.52. The molecule has 1 N–H and O–H groups in total. The van der Waals surface area contributed by atoms with Gasteiger partial charge in [0, 0.05) is 11.0 Å². The highest BCUT2D eigenvalue weighted by Gasteiger charge is 2.32. The van der Waals surface area contributed by atoms with Crippen LogP contribution in [-0.2, 0) is 0 Å². The third-order valence-corrected chi connectivity index (χ3v) is 6.77. The molecular formula is C23H38O2Si. The van der Waals surface area contributed by atoms with E-state index in [1.807, 2.05) is 12.1 Å². The molecule has 0 fully saturated rings. The Labute approximate surface area is 161 Å². The highest BCUT2D eigenvalue weighted by Crippen LogP contribution is 2.39. The monoisotopic (exact) mass is 374 g/mol. The van der Waals surface area contributed by atoms with Gasteiger partial charge in [0.2, 0.25) is 0 Å². The van der Waals surface area contributed by atoms with Crippen molar-refractivity contribution >= 4 is 13.5 Å². The van der Waals surface area contributed by atoms with E-state index in [4.69, 9.17) is 4.42 Å². The molecule has 0 saturated carbocycles. The van der Waals surface area contributed by atoms with E-state index in [0.717, 1.165) is 36.6 Å². The van der Waals surface area contributed by atoms with Crippen LogP contribution in [0.15, 0.2) is 52.7 Å². The van der Waals surface area contributed by atoms with Crippen molar-refractivity contribution in [2.75, 3.05) is 0 Å². The molecule has 1 aromatic heterocycles. The molecule has 0 aliphatic rings. The lowest BCUT2D eigenvalue weighted by molar-refractivity contribution is 0.0641. The van der Waals surface area contributed by atoms with Gasteiger partial charge in [0.05, 0.1) is 17.8 Å². The molecule has 1 aromatic rings. The normalized spacial score (nSPS) is 16.1. The van der Waals surface area contributed by atoms with Gasteiger partial charge in [0.1, 0.15) is 8.07 Å². The number of hydrogen-bond donors (Lipinski definition) is 1. The zero-order valence-corrected chi connectivity index (χ0v) is 18.9. The zero-order chi connectivity index (χ0) is 20.0. The summed E-state index contributed by atoms with van der Waals surface area (Å²) in [5, 5.41) is 12.0. The Hall–Kier alpha value is -1.32. The van der Waals surface area contributed by atoms with E-state index >= 15 is 0 Å². The van der Waals surface area contributed by atoms with Crippen molar-refractivity contribution in [3.63, 3.8) is 0 Å². The lowest BCUT2D eigenvalue weighted by Gasteiger charge is -2.30. The summed E-state index contributed by atoms with van der Waals surface area (Å²) in [5.41, 5.74) is 3.29. The van der Waals surface area contributed by atoms with Gasteiger partial charge in [-0.05, 0) is 52.5 Å². The summed E-state index contributed by atoms with van der Waals surface area (Å²) in [6.45, 7) is 19.3. The quantitative estimate of drug-likeness (QED) is 0.373. The summed E-state index contributed by atoms with van der Waals surface area (Å²) in [7, 11) is -1.51. The van der Waals surface area contributed by atoms with Gasteiger partial charge in [-0.3, -0.25) is 0 Å². The molecule has 0 radical (unpaired) electrons. The number of aliphatic hydroxyl groups is 1. The van der Waals surface area contributed by atoms with Gasteiger partial charge in [0.15, 0.2) is 0 Å². The Kier molecular flexibility index (Phi) is 8.36. The first-order chi connectivity index (χ1) is 12.0. The second kappa shape index (κ2) is 9.57. The lowest BCUT2D eigenvalue weighted by Crippen LogP contribution is -2.36. The molecule has 2 nitrogen and oxygen atoms in total. The first-order valence-electron chi connectivity index (χ1n) is 9.69. The van der Waals surface area contributed by atoms with E-state index in [1.165, 1.54) is 11.1 Å². The fourth-order valence-electron chi connectivity index (χ4n) is 2.94. The summed E-state index contributed by atoms with van der Waals surface area (Å²) < 4.78 is 5.75. The van der Waals surface area contributed by atoms with Crippen LogP contribution in [0.2, 0.25) is 19.6 Å². The molecule has 26 heavy (non-hydrogen) atoms. The molecular weight excluding hydrogens is 336 g/mol. The van der Waals surface area contributed by atoms with Gasteiger partial charge in [-0.1, -0.05) is 55.9 Å². The molecule has 146 valence electrons. The van der Waals surface area contributed by atoms with Crippen molar-refractivity contribution in [2.24, 2.45) is 5.41 Å². The smallest absolute Gasteiger partial charge is 0.123 e. The summed E-state index contributed by atoms with van der Waals surface area (Å²) in [6, 6.07) is 2.04. The Morgan fingerprint density at radius 3 is 2.38 bits per heavy atom. The third-order valence-electron chi connectivity index (χ3n) is 5.03. The maximum Gasteiger partial charge on any atom is 0.123 e. The average molecular weight is 375 g/mol. The van der Waals surface area contributed by atoms with Crippen LogP contribution in [-0.4, -0.2) is 13.2 Å². The van der Waals surface area contributed by atoms with Gasteiger partial charge in [-0.15, -0.1) is 6.58 Å². The van der Waals surface area contributed by atoms with Crippen LogP contribution in [0.5, 0.6) is 0 Å². The first-order valence-corrected chi connectivity index (χ1v) is 13.2. The van der Waals surface area contributed by atoms with Gasteiger partial charge in [-0.25, -0.2) is 0 Å². The minimum absolute atomic E-state index is 0.364. The minimum Gasteiger partial charge on any atom is -0.474 e. The Morgan fingerprint density at radius 2 is 1.88 bits per heavy atom. The van der Waals surface area contributed by atoms with E-state index in [2.05, 4.69) is 66.1 Å². The zero-order valence-electron chi connectivity index (χ0n) is 17.9. The largest absolute Gasteiger partial charge is 0.474 e. The molecule has 0 aromatic carbocycles. The number of aliphatic hydroxyl groups excluding tert-OH is 1. The van der Waals surface area contributed by atoms with Crippen LogP contribution in [0, 0.1) is 5.41 Å². The summed E-state index contributed by atoms with van der Waals surface area (Å²) in [6.07, 6.45) is 11.6. The van der Waals surface area contributed by atoms with E-state index in [1.54, 1.807) is 6.26 Å². The molecule has 0 saturated heterocycles. The van der Waals surface area contributed by atoms with E-state index in [-0.39, 0.29) is 5.41 Å². The highest BCUT2D eigenvalue weighted by molar-refractivity contribution is 6.87. The second-order valence-electron chi connectivity index (χ2n) is 9.02. The molecule has 0 bridgehead atoms. The third kappa shape index (κ3) is 6.77. The van der Waals surface area contributed by atoms with Crippen LogP contribution in [0.1, 0.15) is 65.0 Å². The fourth-order valence-corrected chi connectivity index (χ4v) is 3.95. The molecule has 0 aliphatic carbocycles. The lowest BCUT2D eigenvalue weighted by atomic mass is 9.77. The van der Waals surface area contributed by atoms with Crippen molar-refractivity contribution in [3.05, 3.63) is 53.8 Å². The van der Waals surface area contributed by atoms with E-state index < -0.39 is 14.2 Å². The Morgan fingerprint density at radius 1 is 1.23 bits per heavy atom. The number of furan rings is 1. The molecule has 0 amide bonds. The van der Waals surface area contributed by atoms with Gasteiger partial charge in [0.25, 0.3) is 0 Å². The second-order valence-corrected chi connectivity index (χ2v) is 14.0. The molecule has 0 spiro atoms. The first kappa shape index (κ1) is 22.7. The minimum atomic E-state index is -1.51. The molecule has 0 aliphatic heterocycles. The maximum atomic E-state index is 10.9. The fraction of sp³-hybridized carbons (Fsp3) is 0.565. The van der Waals surface area contributed by atoms with Crippen LogP contribution in [0.25, 0.3) is 0 Å². The Bertz CT molecular complexity index is 641. The number of hydrogen-bond acceptors (Lipinski definition) is 2. The molecule has 3 heteroatoms. The van der Waals surface area contributed by atoms with Crippen molar-refractivity contribution in [1.82, 2.24) is 0 Å². The number of allylic oxidation sites excluding steroid dienone is 4. The summed E-state index contributed by atoms with van der Waals surface area (Å²) in [4.78, 5) is 0. The standard InChI is InChI=1S/C23H38O2Si/c1-9-23(5,15-11-14-19(4)13-10-12-18(2)3)22(24)20-16-21(25-17-20)26(6,7)8/h9,12,14,16-17,22,24H,1,10-11,13,15H2,2-8H3. The van der Waals surface area contributed by atoms with Crippen LogP contribution in [0.4, 0.5) is 0 Å². The summed E-state index contributed by atoms with van der Waals surface area (Å²) >= 11 is 0. The topological polar surface area (TPSA) is 33.4 Å². The molecule has 1 heterocycles. The molecule has 1 rings (SSSR count). The molecule has 2 atom stereocenters. The highest BCUT2D eigenvalue weighted by atomic mass is 28.3. The Balaban J connectivity index is 2.73. The van der Waals surface area contributed by atoms with Crippen molar-refractivity contribution in [3.8, 4) is 0 Å². The molecule has 2 unspecified atom stereocenters. The van der Waals surface area contributed by atoms with Crippen LogP contribution in [0.3, 0.4) is 0 Å². The van der Waals surface area contributed by atoms with Gasteiger partial charge >= 0.3 is 0 Å². The average Bonchev–Trinajstić information content (AvgIpc) is 3.03. The van der Waals surface area contributed by atoms with E-state index in [9.17, 15) is 5.11 Å². The van der Waals surface area contributed by atoms with Crippen LogP contribution < -0.4 is 5.38 Å². The van der Waals surface area contributed by atoms with Crippen molar-refractivity contribution in [2.45, 2.75) is 79.1 Å². The number of rotatable bonds is 10.